The van der Waals surface area contributed by atoms with Crippen LogP contribution in [0.4, 0.5) is 0 Å². The number of aliphatic carboxylic acids is 1. The standard InChI is InChI=1S/C26H38N2O4S/c1-2-8-19(23(26(30)31)20-15-18-12-13-22(20)32-18)25-28-21(16-33-25)24(29)27-14-7-6-11-17-9-4-3-5-10-17/h2,8,16-20,22-23H,3-7,9-15H2,1H3,(H,27,29)(H,30,31). The Balaban J connectivity index is 1.32. The van der Waals surface area contributed by atoms with Gasteiger partial charge >= 0.3 is 5.97 Å². The van der Waals surface area contributed by atoms with Gasteiger partial charge in [-0.15, -0.1) is 11.3 Å². The number of nitrogens with zero attached hydrogens (tertiary/aromatic N) is 1. The second-order valence-corrected chi connectivity index (χ2v) is 10.9. The fourth-order valence-corrected chi connectivity index (χ4v) is 7.02. The summed E-state index contributed by atoms with van der Waals surface area (Å²) >= 11 is 1.39. The summed E-state index contributed by atoms with van der Waals surface area (Å²) in [4.78, 5) is 29.6. The number of aromatic nitrogens is 1. The van der Waals surface area contributed by atoms with Crippen molar-refractivity contribution in [2.75, 3.05) is 6.54 Å². The molecule has 1 aromatic heterocycles. The number of fused-ring (bicyclic) bond motifs is 2. The van der Waals surface area contributed by atoms with Crippen molar-refractivity contribution < 1.29 is 19.4 Å². The van der Waals surface area contributed by atoms with Gasteiger partial charge < -0.3 is 15.2 Å². The van der Waals surface area contributed by atoms with Crippen LogP contribution in [-0.2, 0) is 9.53 Å². The molecule has 5 atom stereocenters. The molecule has 1 aromatic rings. The lowest BCUT2D eigenvalue weighted by molar-refractivity contribution is -0.145. The largest absolute Gasteiger partial charge is 0.481 e. The van der Waals surface area contributed by atoms with Gasteiger partial charge in [-0.2, -0.15) is 0 Å². The van der Waals surface area contributed by atoms with Gasteiger partial charge in [0.1, 0.15) is 10.7 Å². The molecule has 1 aliphatic carbocycles. The van der Waals surface area contributed by atoms with E-state index < -0.39 is 11.9 Å². The normalized spacial score (nSPS) is 27.1. The number of rotatable bonds is 11. The quantitative estimate of drug-likeness (QED) is 0.324. The van der Waals surface area contributed by atoms with Gasteiger partial charge in [0.2, 0.25) is 0 Å². The van der Waals surface area contributed by atoms with E-state index >= 15 is 0 Å². The van der Waals surface area contributed by atoms with Gasteiger partial charge in [0.25, 0.3) is 5.91 Å². The van der Waals surface area contributed by atoms with Gasteiger partial charge in [0.15, 0.2) is 0 Å². The van der Waals surface area contributed by atoms with Crippen LogP contribution in [0.15, 0.2) is 17.5 Å². The minimum absolute atomic E-state index is 0.00668. The molecule has 33 heavy (non-hydrogen) atoms. The highest BCUT2D eigenvalue weighted by Gasteiger charge is 2.49. The zero-order valence-electron chi connectivity index (χ0n) is 19.7. The van der Waals surface area contributed by atoms with Crippen molar-refractivity contribution in [2.45, 2.75) is 95.7 Å². The minimum Gasteiger partial charge on any atom is -0.481 e. The monoisotopic (exact) mass is 474 g/mol. The van der Waals surface area contributed by atoms with E-state index in [4.69, 9.17) is 4.74 Å². The van der Waals surface area contributed by atoms with Crippen LogP contribution >= 0.6 is 11.3 Å². The highest BCUT2D eigenvalue weighted by molar-refractivity contribution is 7.10. The first-order valence-corrected chi connectivity index (χ1v) is 13.7. The average Bonchev–Trinajstić information content (AvgIpc) is 3.56. The molecule has 2 bridgehead atoms. The third-order valence-electron chi connectivity index (χ3n) is 7.78. The van der Waals surface area contributed by atoms with Gasteiger partial charge in [-0.3, -0.25) is 9.59 Å². The first-order valence-electron chi connectivity index (χ1n) is 12.8. The first-order chi connectivity index (χ1) is 16.1. The molecule has 5 unspecified atom stereocenters. The van der Waals surface area contributed by atoms with Crippen LogP contribution in [0.1, 0.15) is 99.0 Å². The average molecular weight is 475 g/mol. The fourth-order valence-electron chi connectivity index (χ4n) is 6.09. The molecule has 2 saturated heterocycles. The Labute approximate surface area is 201 Å². The van der Waals surface area contributed by atoms with E-state index in [2.05, 4.69) is 10.3 Å². The van der Waals surface area contributed by atoms with E-state index in [1.54, 1.807) is 5.38 Å². The molecule has 0 radical (unpaired) electrons. The second kappa shape index (κ2) is 11.6. The van der Waals surface area contributed by atoms with E-state index in [0.717, 1.165) is 38.0 Å². The zero-order valence-corrected chi connectivity index (χ0v) is 20.5. The van der Waals surface area contributed by atoms with E-state index in [0.29, 0.717) is 17.2 Å². The molecule has 0 aromatic carbocycles. The SMILES string of the molecule is CC=CC(c1nc(C(=O)NCCCCC2CCCCC2)cs1)C(C(=O)O)C1CC2CCC1O2. The smallest absolute Gasteiger partial charge is 0.307 e. The van der Waals surface area contributed by atoms with Crippen LogP contribution in [0.3, 0.4) is 0 Å². The second-order valence-electron chi connectivity index (χ2n) is 10.0. The van der Waals surface area contributed by atoms with Crippen molar-refractivity contribution in [3.63, 3.8) is 0 Å². The Morgan fingerprint density at radius 2 is 2.06 bits per heavy atom. The predicted octanol–water partition coefficient (Wildman–Crippen LogP) is 5.55. The van der Waals surface area contributed by atoms with Gasteiger partial charge in [-0.25, -0.2) is 4.98 Å². The Morgan fingerprint density at radius 3 is 2.73 bits per heavy atom. The predicted molar refractivity (Wildman–Crippen MR) is 130 cm³/mol. The fraction of sp³-hybridized carbons (Fsp3) is 0.731. The Bertz CT molecular complexity index is 832. The summed E-state index contributed by atoms with van der Waals surface area (Å²) in [6, 6.07) is 0. The van der Waals surface area contributed by atoms with Crippen molar-refractivity contribution in [2.24, 2.45) is 17.8 Å². The third-order valence-corrected chi connectivity index (χ3v) is 8.72. The van der Waals surface area contributed by atoms with E-state index in [-0.39, 0.29) is 30.0 Å². The molecule has 1 saturated carbocycles. The van der Waals surface area contributed by atoms with Crippen molar-refractivity contribution in [3.05, 3.63) is 28.2 Å². The summed E-state index contributed by atoms with van der Waals surface area (Å²) in [5.74, 6) is -1.03. The highest BCUT2D eigenvalue weighted by atomic mass is 32.1. The Kier molecular flexibility index (Phi) is 8.58. The van der Waals surface area contributed by atoms with E-state index in [1.807, 2.05) is 19.1 Å². The lowest BCUT2D eigenvalue weighted by Gasteiger charge is -2.29. The number of thiazole rings is 1. The van der Waals surface area contributed by atoms with E-state index in [1.165, 1.54) is 49.9 Å². The maximum atomic E-state index is 12.6. The molecule has 6 nitrogen and oxygen atoms in total. The lowest BCUT2D eigenvalue weighted by Crippen LogP contribution is -2.34. The maximum Gasteiger partial charge on any atom is 0.307 e. The summed E-state index contributed by atoms with van der Waals surface area (Å²) in [5, 5.41) is 15.6. The molecule has 4 rings (SSSR count). The summed E-state index contributed by atoms with van der Waals surface area (Å²) in [6.07, 6.45) is 17.1. The molecule has 182 valence electrons. The molecule has 0 spiro atoms. The molecular weight excluding hydrogens is 436 g/mol. The molecule has 2 N–H and O–H groups in total. The molecule has 2 aliphatic heterocycles. The number of hydrogen-bond donors (Lipinski definition) is 2. The summed E-state index contributed by atoms with van der Waals surface area (Å²) < 4.78 is 5.96. The van der Waals surface area contributed by atoms with Gasteiger partial charge in [-0.1, -0.05) is 57.1 Å². The van der Waals surface area contributed by atoms with Crippen molar-refractivity contribution in [1.82, 2.24) is 10.3 Å². The summed E-state index contributed by atoms with van der Waals surface area (Å²) in [7, 11) is 0. The summed E-state index contributed by atoms with van der Waals surface area (Å²) in [6.45, 7) is 2.56. The van der Waals surface area contributed by atoms with Crippen LogP contribution in [0.25, 0.3) is 0 Å². The number of carboxylic acids is 1. The third kappa shape index (κ3) is 6.04. The van der Waals surface area contributed by atoms with Crippen LogP contribution in [0.2, 0.25) is 0 Å². The number of carboxylic acid groups (broad SMARTS) is 1. The topological polar surface area (TPSA) is 88.5 Å². The number of unbranched alkanes of at least 4 members (excludes halogenated alkanes) is 1. The molecule has 3 aliphatic rings. The number of hydrogen-bond acceptors (Lipinski definition) is 5. The minimum atomic E-state index is -0.807. The molecular formula is C26H38N2O4S. The van der Waals surface area contributed by atoms with Gasteiger partial charge in [-0.05, 0) is 38.5 Å². The van der Waals surface area contributed by atoms with Crippen LogP contribution < -0.4 is 5.32 Å². The molecule has 7 heteroatoms. The molecule has 3 heterocycles. The Hall–Kier alpha value is -1.73. The van der Waals surface area contributed by atoms with Crippen LogP contribution in [0.5, 0.6) is 0 Å². The van der Waals surface area contributed by atoms with Crippen molar-refractivity contribution >= 4 is 23.2 Å². The number of carbonyl (C=O) groups is 2. The number of nitrogens with one attached hydrogen (secondary N) is 1. The molecule has 3 fully saturated rings. The summed E-state index contributed by atoms with van der Waals surface area (Å²) in [5.41, 5.74) is 0.394. The number of amides is 1. The maximum absolute atomic E-state index is 12.6. The van der Waals surface area contributed by atoms with Crippen molar-refractivity contribution in [1.29, 1.82) is 0 Å². The number of allylic oxidation sites excluding steroid dienone is 2. The Morgan fingerprint density at radius 1 is 1.24 bits per heavy atom. The van der Waals surface area contributed by atoms with Gasteiger partial charge in [0, 0.05) is 23.8 Å². The zero-order chi connectivity index (χ0) is 23.2. The van der Waals surface area contributed by atoms with Crippen LogP contribution in [-0.4, -0.2) is 40.7 Å². The molecule has 1 amide bonds. The lowest BCUT2D eigenvalue weighted by atomic mass is 9.74. The van der Waals surface area contributed by atoms with Crippen LogP contribution in [0, 0.1) is 17.8 Å². The first kappa shape index (κ1) is 24.4. The number of carbonyl (C=O) groups excluding carboxylic acids is 1. The van der Waals surface area contributed by atoms with E-state index in [9.17, 15) is 14.7 Å². The van der Waals surface area contributed by atoms with Gasteiger partial charge in [0.05, 0.1) is 18.1 Å². The van der Waals surface area contributed by atoms with Crippen molar-refractivity contribution in [3.8, 4) is 0 Å². The number of ether oxygens (including phenoxy) is 1. The highest BCUT2D eigenvalue weighted by Crippen LogP contribution is 2.47.